The molecule has 2 heterocycles. The Morgan fingerprint density at radius 2 is 1.53 bits per heavy atom. The van der Waals surface area contributed by atoms with Gasteiger partial charge in [-0.15, -0.1) is 0 Å². The zero-order valence-corrected chi connectivity index (χ0v) is 32.6. The number of hydrogen-bond donors (Lipinski definition) is 8. The quantitative estimate of drug-likeness (QED) is 0.138. The molecule has 6 aliphatic rings. The van der Waals surface area contributed by atoms with Gasteiger partial charge in [0.2, 0.25) is 0 Å². The maximum Gasteiger partial charge on any atom is 0.187 e. The van der Waals surface area contributed by atoms with E-state index in [-0.39, 0.29) is 55.8 Å². The number of methoxy groups -OCH3 is 2. The fourth-order valence-corrected chi connectivity index (χ4v) is 12.4. The molecule has 14 heteroatoms. The van der Waals surface area contributed by atoms with Crippen LogP contribution in [0, 0.1) is 40.4 Å². The molecular weight excluding hydrogens is 692 g/mol. The Morgan fingerprint density at radius 1 is 0.830 bits per heavy atom. The molecule has 0 aromatic carbocycles. The molecule has 0 bridgehead atoms. The number of rotatable bonds is 12. The van der Waals surface area contributed by atoms with Crippen molar-refractivity contribution in [2.45, 2.75) is 177 Å². The lowest BCUT2D eigenvalue weighted by molar-refractivity contribution is -0.315. The predicted octanol–water partition coefficient (Wildman–Crippen LogP) is 0.846. The maximum atomic E-state index is 12.7. The average Bonchev–Trinajstić information content (AvgIpc) is 3.58. The predicted molar refractivity (Wildman–Crippen MR) is 189 cm³/mol. The van der Waals surface area contributed by atoms with Gasteiger partial charge in [-0.2, -0.15) is 0 Å². The molecule has 0 aromatic rings. The van der Waals surface area contributed by atoms with Gasteiger partial charge >= 0.3 is 0 Å². The third kappa shape index (κ3) is 6.96. The molecule has 4 saturated carbocycles. The molecule has 0 aromatic heterocycles. The number of ether oxygens (including phenoxy) is 6. The summed E-state index contributed by atoms with van der Waals surface area (Å²) in [4.78, 5) is 0. The van der Waals surface area contributed by atoms with Crippen molar-refractivity contribution in [2.24, 2.45) is 40.4 Å². The van der Waals surface area contributed by atoms with Gasteiger partial charge in [0.05, 0.1) is 48.8 Å². The second-order valence-electron chi connectivity index (χ2n) is 18.4. The van der Waals surface area contributed by atoms with E-state index in [0.29, 0.717) is 32.1 Å². The smallest absolute Gasteiger partial charge is 0.187 e. The monoisotopic (exact) mass is 760 g/mol. The molecule has 53 heavy (non-hydrogen) atoms. The lowest BCUT2D eigenvalue weighted by Gasteiger charge is -2.68. The fraction of sp³-hybridized carbons (Fsp3) is 1.00. The Bertz CT molecular complexity index is 1240. The van der Waals surface area contributed by atoms with Gasteiger partial charge in [-0.05, 0) is 74.0 Å². The van der Waals surface area contributed by atoms with Crippen LogP contribution in [-0.2, 0) is 28.4 Å². The summed E-state index contributed by atoms with van der Waals surface area (Å²) in [6.07, 6.45) is -6.17. The van der Waals surface area contributed by atoms with Crippen LogP contribution < -0.4 is 0 Å². The van der Waals surface area contributed by atoms with Gasteiger partial charge in [-0.1, -0.05) is 34.6 Å². The Morgan fingerprint density at radius 3 is 2.17 bits per heavy atom. The molecular formula is C39H68O14. The van der Waals surface area contributed by atoms with Gasteiger partial charge in [-0.25, -0.2) is 0 Å². The first-order valence-electron chi connectivity index (χ1n) is 20.0. The molecule has 2 aliphatic heterocycles. The molecule has 20 atom stereocenters. The second-order valence-corrected chi connectivity index (χ2v) is 18.4. The van der Waals surface area contributed by atoms with Gasteiger partial charge in [0.1, 0.15) is 36.6 Å². The minimum absolute atomic E-state index is 0.0311. The van der Waals surface area contributed by atoms with Crippen molar-refractivity contribution in [3.63, 3.8) is 0 Å². The van der Waals surface area contributed by atoms with E-state index >= 15 is 0 Å². The van der Waals surface area contributed by atoms with E-state index in [4.69, 9.17) is 28.4 Å². The molecule has 14 nitrogen and oxygen atoms in total. The summed E-state index contributed by atoms with van der Waals surface area (Å²) in [5.41, 5.74) is -4.05. The highest BCUT2D eigenvalue weighted by atomic mass is 16.8. The number of aliphatic hydroxyl groups is 8. The lowest BCUT2D eigenvalue weighted by atomic mass is 9.40. The normalized spacial score (nSPS) is 52.5. The lowest BCUT2D eigenvalue weighted by Crippen LogP contribution is -2.75. The zero-order chi connectivity index (χ0) is 38.8. The highest BCUT2D eigenvalue weighted by Gasteiger charge is 2.74. The molecule has 0 spiro atoms. The van der Waals surface area contributed by atoms with Crippen molar-refractivity contribution in [1.82, 2.24) is 0 Å². The largest absolute Gasteiger partial charge is 0.394 e. The first-order valence-corrected chi connectivity index (χ1v) is 20.0. The minimum atomic E-state index is -1.50. The van der Waals surface area contributed by atoms with E-state index in [9.17, 15) is 40.9 Å². The Labute approximate surface area is 314 Å². The summed E-state index contributed by atoms with van der Waals surface area (Å²) in [5.74, 6) is -0.477. The van der Waals surface area contributed by atoms with Gasteiger partial charge in [0.25, 0.3) is 0 Å². The van der Waals surface area contributed by atoms with E-state index in [2.05, 4.69) is 27.7 Å². The first kappa shape index (κ1) is 42.1. The van der Waals surface area contributed by atoms with Crippen molar-refractivity contribution in [3.05, 3.63) is 0 Å². The van der Waals surface area contributed by atoms with Crippen LogP contribution in [0.25, 0.3) is 0 Å². The van der Waals surface area contributed by atoms with Gasteiger partial charge < -0.3 is 69.3 Å². The second kappa shape index (κ2) is 15.7. The molecule has 0 amide bonds. The van der Waals surface area contributed by atoms with Crippen molar-refractivity contribution in [2.75, 3.05) is 27.4 Å². The Kier molecular flexibility index (Phi) is 12.4. The molecule has 308 valence electrons. The van der Waals surface area contributed by atoms with E-state index in [1.165, 1.54) is 14.2 Å². The number of hydrogen-bond acceptors (Lipinski definition) is 14. The minimum Gasteiger partial charge on any atom is -0.394 e. The van der Waals surface area contributed by atoms with Crippen molar-refractivity contribution >= 4 is 0 Å². The summed E-state index contributed by atoms with van der Waals surface area (Å²) in [6.45, 7) is 9.98. The zero-order valence-electron chi connectivity index (χ0n) is 32.6. The van der Waals surface area contributed by atoms with Crippen LogP contribution >= 0.6 is 0 Å². The SMILES string of the molecule is CO[C@@H]1[C@@H](O[C@@H]2OC[C@@H](O)[C@H](O)[C@H]2OC)[C@H](O[C@@H](CC[C@@H](C)[C@H]2C[C@H](O)[C@@H]3[C@]2(C)CC[C@H]2[C@@]3(O)C[C@@H](O)[C@@]3(O)C[C@@H](O)CC[C@]23C)C(C)C)O[C@H]1CO. The molecule has 4 aliphatic carbocycles. The van der Waals surface area contributed by atoms with Crippen LogP contribution in [0.5, 0.6) is 0 Å². The van der Waals surface area contributed by atoms with E-state index < -0.39 is 95.5 Å². The maximum absolute atomic E-state index is 12.7. The van der Waals surface area contributed by atoms with Gasteiger partial charge in [-0.3, -0.25) is 0 Å². The topological polar surface area (TPSA) is 217 Å². The van der Waals surface area contributed by atoms with Crippen molar-refractivity contribution < 1.29 is 69.3 Å². The number of fused-ring (bicyclic) bond motifs is 5. The molecule has 0 unspecified atom stereocenters. The van der Waals surface area contributed by atoms with E-state index in [0.717, 1.165) is 12.8 Å². The number of aliphatic hydroxyl groups excluding tert-OH is 6. The average molecular weight is 761 g/mol. The van der Waals surface area contributed by atoms with Crippen molar-refractivity contribution in [3.8, 4) is 0 Å². The van der Waals surface area contributed by atoms with Crippen LogP contribution in [0.4, 0.5) is 0 Å². The highest BCUT2D eigenvalue weighted by Crippen LogP contribution is 2.70. The molecule has 6 fully saturated rings. The third-order valence-corrected chi connectivity index (χ3v) is 15.3. The summed E-state index contributed by atoms with van der Waals surface area (Å²) < 4.78 is 36.0. The molecule has 8 N–H and O–H groups in total. The summed E-state index contributed by atoms with van der Waals surface area (Å²) in [6, 6.07) is 0. The first-order chi connectivity index (χ1) is 24.9. The molecule has 6 rings (SSSR count). The summed E-state index contributed by atoms with van der Waals surface area (Å²) >= 11 is 0. The Balaban J connectivity index is 1.15. The fourth-order valence-electron chi connectivity index (χ4n) is 12.4. The van der Waals surface area contributed by atoms with Crippen LogP contribution in [0.15, 0.2) is 0 Å². The van der Waals surface area contributed by atoms with Gasteiger partial charge in [0.15, 0.2) is 12.6 Å². The van der Waals surface area contributed by atoms with Crippen LogP contribution in [0.3, 0.4) is 0 Å². The summed E-state index contributed by atoms with van der Waals surface area (Å²) in [5, 5.41) is 89.0. The molecule has 2 saturated heterocycles. The standard InChI is InChI=1S/C39H68O14/c1-19(2)25(51-35-32(30(48-6)26(17-40)52-35)53-34-31(49-7)29(45)24(43)18-50-34)9-8-20(3)22-14-23(42)33-36(22,4)12-11-27-37(5)13-10-21(41)15-39(37,47)28(44)16-38(27,33)46/h19-35,40-47H,8-18H2,1-7H3/t20-,21+,22-,23+,24-,25+,26+,27-,28-,29+,30+,31-,32-,33-,34+,35-,36-,37-,38+,39+/m1/s1. The summed E-state index contributed by atoms with van der Waals surface area (Å²) in [7, 11) is 2.89. The van der Waals surface area contributed by atoms with Gasteiger partial charge in [0, 0.05) is 38.4 Å². The van der Waals surface area contributed by atoms with Crippen LogP contribution in [0.1, 0.15) is 92.4 Å². The van der Waals surface area contributed by atoms with E-state index in [1.807, 2.05) is 6.92 Å². The van der Waals surface area contributed by atoms with E-state index in [1.54, 1.807) is 0 Å². The highest BCUT2D eigenvalue weighted by molar-refractivity contribution is 5.24. The van der Waals surface area contributed by atoms with Crippen LogP contribution in [0.2, 0.25) is 0 Å². The third-order valence-electron chi connectivity index (χ3n) is 15.3. The van der Waals surface area contributed by atoms with Crippen LogP contribution in [-0.4, -0.2) is 153 Å². The Hall–Kier alpha value is -0.560. The molecule has 0 radical (unpaired) electrons. The van der Waals surface area contributed by atoms with Crippen molar-refractivity contribution in [1.29, 1.82) is 0 Å².